The second kappa shape index (κ2) is 8.75. The van der Waals surface area contributed by atoms with Gasteiger partial charge in [0.1, 0.15) is 5.82 Å². The molecule has 0 spiro atoms. The molecule has 0 aromatic heterocycles. The van der Waals surface area contributed by atoms with Crippen LogP contribution >= 0.6 is 0 Å². The lowest BCUT2D eigenvalue weighted by Gasteiger charge is -2.46. The van der Waals surface area contributed by atoms with Gasteiger partial charge < -0.3 is 29.4 Å². The molecule has 0 aromatic rings. The predicted molar refractivity (Wildman–Crippen MR) is 109 cm³/mol. The first-order valence-electron chi connectivity index (χ1n) is 10.1. The second-order valence-electron chi connectivity index (χ2n) is 7.99. The molecule has 7 heteroatoms. The van der Waals surface area contributed by atoms with Crippen LogP contribution in [-0.4, -0.2) is 139 Å². The van der Waals surface area contributed by atoms with Crippen molar-refractivity contribution >= 4 is 9.52 Å². The van der Waals surface area contributed by atoms with E-state index in [1.54, 1.807) is 11.1 Å². The van der Waals surface area contributed by atoms with Gasteiger partial charge in [-0.25, -0.2) is 0 Å². The van der Waals surface area contributed by atoms with Crippen LogP contribution in [0.3, 0.4) is 0 Å². The van der Waals surface area contributed by atoms with Crippen LogP contribution in [0.2, 0.25) is 6.55 Å². The Morgan fingerprint density at radius 3 is 1.16 bits per heavy atom. The first-order valence-corrected chi connectivity index (χ1v) is 12.2. The van der Waals surface area contributed by atoms with Gasteiger partial charge in [-0.05, 0) is 21.1 Å². The molecule has 6 nitrogen and oxygen atoms in total. The summed E-state index contributed by atoms with van der Waals surface area (Å²) in [6, 6.07) is 0. The van der Waals surface area contributed by atoms with Crippen molar-refractivity contribution in [1.82, 2.24) is 29.4 Å². The molecule has 144 valence electrons. The van der Waals surface area contributed by atoms with Crippen molar-refractivity contribution < 1.29 is 0 Å². The van der Waals surface area contributed by atoms with Crippen molar-refractivity contribution in [3.05, 3.63) is 11.1 Å². The average Bonchev–Trinajstić information content (AvgIpc) is 2.63. The molecule has 0 radical (unpaired) electrons. The van der Waals surface area contributed by atoms with Gasteiger partial charge >= 0.3 is 0 Å². The molecular weight excluding hydrogens is 328 g/mol. The van der Waals surface area contributed by atoms with Gasteiger partial charge in [-0.1, -0.05) is 6.55 Å². The van der Waals surface area contributed by atoms with Crippen LogP contribution in [0.5, 0.6) is 0 Å². The van der Waals surface area contributed by atoms with E-state index >= 15 is 0 Å². The number of likely N-dealkylation sites (N-methyl/N-ethyl adjacent to an activating group) is 3. The van der Waals surface area contributed by atoms with Crippen molar-refractivity contribution in [3.63, 3.8) is 0 Å². The fourth-order valence-electron chi connectivity index (χ4n) is 4.20. The molecule has 3 aliphatic rings. The van der Waals surface area contributed by atoms with Gasteiger partial charge in [0.15, 0.2) is 0 Å². The molecule has 3 aliphatic heterocycles. The Kier molecular flexibility index (Phi) is 6.65. The van der Waals surface area contributed by atoms with Gasteiger partial charge in [-0.15, -0.1) is 0 Å². The summed E-state index contributed by atoms with van der Waals surface area (Å²) >= 11 is 0. The first-order chi connectivity index (χ1) is 12.1. The van der Waals surface area contributed by atoms with E-state index in [9.17, 15) is 0 Å². The highest BCUT2D eigenvalue weighted by Gasteiger charge is 2.28. The summed E-state index contributed by atoms with van der Waals surface area (Å²) in [5, 5.41) is 1.72. The summed E-state index contributed by atoms with van der Waals surface area (Å²) < 4.78 is 0. The van der Waals surface area contributed by atoms with E-state index in [1.165, 1.54) is 78.5 Å². The number of nitrogens with zero attached hydrogens (tertiary/aromatic N) is 6. The van der Waals surface area contributed by atoms with Crippen molar-refractivity contribution in [2.24, 2.45) is 0 Å². The predicted octanol–water partition coefficient (Wildman–Crippen LogP) is -0.928. The summed E-state index contributed by atoms with van der Waals surface area (Å²) in [4.78, 5) is 15.6. The Labute approximate surface area is 156 Å². The summed E-state index contributed by atoms with van der Waals surface area (Å²) in [6.45, 7) is 16.8. The van der Waals surface area contributed by atoms with Gasteiger partial charge in [-0.2, -0.15) is 0 Å². The lowest BCUT2D eigenvalue weighted by Crippen LogP contribution is -2.54. The van der Waals surface area contributed by atoms with E-state index in [4.69, 9.17) is 0 Å². The van der Waals surface area contributed by atoms with Crippen molar-refractivity contribution in [3.8, 4) is 0 Å². The van der Waals surface area contributed by atoms with E-state index in [1.807, 2.05) is 0 Å². The molecule has 0 aliphatic carbocycles. The molecule has 25 heavy (non-hydrogen) atoms. The Morgan fingerprint density at radius 2 is 0.840 bits per heavy atom. The highest BCUT2D eigenvalue weighted by molar-refractivity contribution is 6.43. The molecule has 3 rings (SSSR count). The Morgan fingerprint density at radius 1 is 0.520 bits per heavy atom. The summed E-state index contributed by atoms with van der Waals surface area (Å²) in [5.41, 5.74) is 0. The minimum atomic E-state index is -0.221. The first kappa shape index (κ1) is 19.0. The van der Waals surface area contributed by atoms with E-state index in [2.05, 4.69) is 57.1 Å². The molecule has 3 fully saturated rings. The van der Waals surface area contributed by atoms with E-state index in [0.29, 0.717) is 0 Å². The van der Waals surface area contributed by atoms with Crippen molar-refractivity contribution in [1.29, 1.82) is 0 Å². The number of rotatable bonds is 4. The minimum absolute atomic E-state index is 0.221. The van der Waals surface area contributed by atoms with E-state index < -0.39 is 0 Å². The fraction of sp³-hybridized carbons (Fsp3) is 0.889. The molecule has 3 heterocycles. The number of hydrogen-bond acceptors (Lipinski definition) is 6. The molecular formula is C18H38N6Si. The van der Waals surface area contributed by atoms with Gasteiger partial charge in [-0.3, -0.25) is 0 Å². The lowest BCUT2D eigenvalue weighted by molar-refractivity contribution is 0.0980. The zero-order valence-corrected chi connectivity index (χ0v) is 18.3. The van der Waals surface area contributed by atoms with Crippen molar-refractivity contribution in [2.45, 2.75) is 6.55 Å². The maximum atomic E-state index is 2.73. The van der Waals surface area contributed by atoms with Crippen LogP contribution in [-0.2, 0) is 0 Å². The van der Waals surface area contributed by atoms with Crippen LogP contribution in [0.25, 0.3) is 0 Å². The SMILES string of the molecule is C[SiH2]C(=C(N1CCN(C)CC1)N1CCN(C)CC1)N1CCN(C)CC1. The van der Waals surface area contributed by atoms with Gasteiger partial charge in [0.2, 0.25) is 0 Å². The molecule has 0 unspecified atom stereocenters. The molecule has 0 aromatic carbocycles. The molecule has 0 saturated carbocycles. The zero-order chi connectivity index (χ0) is 17.8. The average molecular weight is 367 g/mol. The molecule has 3 saturated heterocycles. The maximum Gasteiger partial charge on any atom is 0.118 e. The Balaban J connectivity index is 1.84. The van der Waals surface area contributed by atoms with E-state index in [-0.39, 0.29) is 9.52 Å². The third kappa shape index (κ3) is 4.70. The third-order valence-corrected chi connectivity index (χ3v) is 7.52. The number of hydrogen-bond donors (Lipinski definition) is 0. The van der Waals surface area contributed by atoms with Crippen LogP contribution in [0.15, 0.2) is 11.1 Å². The smallest absolute Gasteiger partial charge is 0.118 e. The highest BCUT2D eigenvalue weighted by Crippen LogP contribution is 2.22. The highest BCUT2D eigenvalue weighted by atomic mass is 28.2. The monoisotopic (exact) mass is 366 g/mol. The van der Waals surface area contributed by atoms with Gasteiger partial charge in [0.25, 0.3) is 0 Å². The summed E-state index contributed by atoms with van der Waals surface area (Å²) in [7, 11) is 6.55. The maximum absolute atomic E-state index is 2.73. The minimum Gasteiger partial charge on any atom is -0.373 e. The van der Waals surface area contributed by atoms with Crippen LogP contribution in [0, 0.1) is 0 Å². The van der Waals surface area contributed by atoms with Crippen LogP contribution in [0.1, 0.15) is 0 Å². The second-order valence-corrected chi connectivity index (χ2v) is 9.37. The lowest BCUT2D eigenvalue weighted by atomic mass is 10.2. The summed E-state index contributed by atoms with van der Waals surface area (Å²) in [6.07, 6.45) is 0. The van der Waals surface area contributed by atoms with E-state index in [0.717, 1.165) is 0 Å². The Hall–Kier alpha value is -0.763. The summed E-state index contributed by atoms with van der Waals surface area (Å²) in [5.74, 6) is 1.61. The van der Waals surface area contributed by atoms with Gasteiger partial charge in [0.05, 0.1) is 9.52 Å². The van der Waals surface area contributed by atoms with Crippen molar-refractivity contribution in [2.75, 3.05) is 99.7 Å². The molecule has 0 bridgehead atoms. The Bertz CT molecular complexity index is 422. The topological polar surface area (TPSA) is 19.4 Å². The quantitative estimate of drug-likeness (QED) is 0.595. The van der Waals surface area contributed by atoms with Gasteiger partial charge in [0, 0.05) is 83.9 Å². The largest absolute Gasteiger partial charge is 0.373 e. The fourth-order valence-corrected chi connectivity index (χ4v) is 5.73. The normalized spacial score (nSPS) is 25.2. The standard InChI is InChI=1S/C18H38N6Si/c1-19-5-11-22(12-6-19)17(23-13-7-20(2)8-14-23)18(25-4)24-15-9-21(3)10-16-24/h5-16,25H2,1-4H3. The van der Waals surface area contributed by atoms with Crippen LogP contribution < -0.4 is 0 Å². The third-order valence-electron chi connectivity index (χ3n) is 6.08. The zero-order valence-electron chi connectivity index (χ0n) is 16.9. The van der Waals surface area contributed by atoms with Crippen LogP contribution in [0.4, 0.5) is 0 Å². The molecule has 0 amide bonds. The molecule has 0 atom stereocenters. The number of piperazine rings is 3. The molecule has 0 N–H and O–H groups in total.